The van der Waals surface area contributed by atoms with Crippen LogP contribution in [0.5, 0.6) is 0 Å². The van der Waals surface area contributed by atoms with Crippen LogP contribution in [0.4, 0.5) is 5.69 Å². The van der Waals surface area contributed by atoms with E-state index in [9.17, 15) is 4.79 Å². The minimum absolute atomic E-state index is 0.334. The van der Waals surface area contributed by atoms with Gasteiger partial charge in [-0.3, -0.25) is 0 Å². The third-order valence-electron chi connectivity index (χ3n) is 2.73. The molecule has 0 radical (unpaired) electrons. The maximum Gasteiger partial charge on any atom is 0.339 e. The minimum Gasteiger partial charge on any atom is -0.465 e. The van der Waals surface area contributed by atoms with E-state index in [0.717, 1.165) is 15.7 Å². The Morgan fingerprint density at radius 1 is 1.16 bits per heavy atom. The molecule has 0 amide bonds. The molecule has 0 aliphatic rings. The summed E-state index contributed by atoms with van der Waals surface area (Å²) in [6, 6.07) is 15.3. The third kappa shape index (κ3) is 3.58. The number of rotatable bonds is 4. The normalized spacial score (nSPS) is 10.0. The summed E-state index contributed by atoms with van der Waals surface area (Å²) in [7, 11) is 1.38. The molecule has 19 heavy (non-hydrogen) atoms. The van der Waals surface area contributed by atoms with Crippen molar-refractivity contribution in [3.8, 4) is 0 Å². The second-order valence-corrected chi connectivity index (χ2v) is 4.93. The first-order valence-electron chi connectivity index (χ1n) is 5.86. The van der Waals surface area contributed by atoms with Gasteiger partial charge in [-0.1, -0.05) is 40.2 Å². The second kappa shape index (κ2) is 6.38. The molecule has 0 aliphatic heterocycles. The number of anilines is 1. The average molecular weight is 320 g/mol. The van der Waals surface area contributed by atoms with Gasteiger partial charge in [0.05, 0.1) is 12.7 Å². The number of esters is 1. The Bertz CT molecular complexity index is 567. The molecule has 0 aromatic heterocycles. The van der Waals surface area contributed by atoms with Crippen LogP contribution in [0.2, 0.25) is 0 Å². The van der Waals surface area contributed by atoms with E-state index in [-0.39, 0.29) is 5.97 Å². The zero-order valence-corrected chi connectivity index (χ0v) is 12.1. The van der Waals surface area contributed by atoms with Crippen LogP contribution in [0.3, 0.4) is 0 Å². The summed E-state index contributed by atoms with van der Waals surface area (Å²) in [6.45, 7) is 0.654. The van der Waals surface area contributed by atoms with Gasteiger partial charge in [0, 0.05) is 16.7 Å². The van der Waals surface area contributed by atoms with E-state index < -0.39 is 0 Å². The zero-order chi connectivity index (χ0) is 13.7. The molecule has 0 heterocycles. The Morgan fingerprint density at radius 3 is 2.53 bits per heavy atom. The number of carbonyl (C=O) groups is 1. The number of ether oxygens (including phenoxy) is 1. The number of para-hydroxylation sites is 1. The van der Waals surface area contributed by atoms with Gasteiger partial charge < -0.3 is 10.1 Å². The van der Waals surface area contributed by atoms with Gasteiger partial charge in [0.2, 0.25) is 0 Å². The van der Waals surface area contributed by atoms with Gasteiger partial charge in [-0.2, -0.15) is 0 Å². The number of carbonyl (C=O) groups excluding carboxylic acids is 1. The van der Waals surface area contributed by atoms with Crippen LogP contribution >= 0.6 is 15.9 Å². The summed E-state index contributed by atoms with van der Waals surface area (Å²) >= 11 is 3.40. The summed E-state index contributed by atoms with van der Waals surface area (Å²) in [5.41, 5.74) is 2.46. The zero-order valence-electron chi connectivity index (χ0n) is 10.5. The van der Waals surface area contributed by atoms with Gasteiger partial charge >= 0.3 is 5.97 Å². The molecule has 0 fully saturated rings. The molecule has 98 valence electrons. The minimum atomic E-state index is -0.334. The first-order chi connectivity index (χ1) is 9.20. The van der Waals surface area contributed by atoms with Gasteiger partial charge in [0.25, 0.3) is 0 Å². The first kappa shape index (κ1) is 13.6. The monoisotopic (exact) mass is 319 g/mol. The molecule has 2 aromatic rings. The van der Waals surface area contributed by atoms with Crippen molar-refractivity contribution in [2.45, 2.75) is 6.54 Å². The van der Waals surface area contributed by atoms with Crippen molar-refractivity contribution in [1.29, 1.82) is 0 Å². The number of hydrogen-bond donors (Lipinski definition) is 1. The lowest BCUT2D eigenvalue weighted by Crippen LogP contribution is -2.08. The van der Waals surface area contributed by atoms with E-state index in [0.29, 0.717) is 12.1 Å². The molecule has 2 aromatic carbocycles. The summed E-state index contributed by atoms with van der Waals surface area (Å²) in [6.07, 6.45) is 0. The van der Waals surface area contributed by atoms with E-state index >= 15 is 0 Å². The van der Waals surface area contributed by atoms with Crippen molar-refractivity contribution < 1.29 is 9.53 Å². The largest absolute Gasteiger partial charge is 0.465 e. The van der Waals surface area contributed by atoms with Crippen LogP contribution in [-0.2, 0) is 11.3 Å². The summed E-state index contributed by atoms with van der Waals surface area (Å²) in [4.78, 5) is 11.6. The van der Waals surface area contributed by atoms with Gasteiger partial charge in [-0.15, -0.1) is 0 Å². The molecule has 2 rings (SSSR count). The SMILES string of the molecule is COC(=O)c1ccccc1NCc1ccc(Br)cc1. The molecule has 3 nitrogen and oxygen atoms in total. The molecule has 1 N–H and O–H groups in total. The van der Waals surface area contributed by atoms with Gasteiger partial charge in [-0.05, 0) is 29.8 Å². The molecule has 0 saturated heterocycles. The molecular formula is C15H14BrNO2. The van der Waals surface area contributed by atoms with E-state index in [4.69, 9.17) is 4.74 Å². The number of benzene rings is 2. The van der Waals surface area contributed by atoms with Crippen LogP contribution in [0.25, 0.3) is 0 Å². The summed E-state index contributed by atoms with van der Waals surface area (Å²) in [5, 5.41) is 3.25. The van der Waals surface area contributed by atoms with Gasteiger partial charge in [0.1, 0.15) is 0 Å². The van der Waals surface area contributed by atoms with Crippen molar-refractivity contribution in [2.75, 3.05) is 12.4 Å². The third-order valence-corrected chi connectivity index (χ3v) is 3.26. The predicted octanol–water partition coefficient (Wildman–Crippen LogP) is 3.85. The maximum absolute atomic E-state index is 11.6. The number of nitrogens with one attached hydrogen (secondary N) is 1. The Labute approximate surface area is 120 Å². The van der Waals surface area contributed by atoms with Crippen molar-refractivity contribution in [1.82, 2.24) is 0 Å². The molecular weight excluding hydrogens is 306 g/mol. The maximum atomic E-state index is 11.6. The van der Waals surface area contributed by atoms with Crippen molar-refractivity contribution in [3.05, 3.63) is 64.1 Å². The van der Waals surface area contributed by atoms with Crippen molar-refractivity contribution >= 4 is 27.6 Å². The Morgan fingerprint density at radius 2 is 1.84 bits per heavy atom. The Kier molecular flexibility index (Phi) is 4.58. The molecule has 4 heteroatoms. The van der Waals surface area contributed by atoms with E-state index in [1.807, 2.05) is 42.5 Å². The van der Waals surface area contributed by atoms with Crippen LogP contribution in [0, 0.1) is 0 Å². The Hall–Kier alpha value is -1.81. The average Bonchev–Trinajstić information content (AvgIpc) is 2.46. The lowest BCUT2D eigenvalue weighted by molar-refractivity contribution is 0.0602. The molecule has 0 atom stereocenters. The lowest BCUT2D eigenvalue weighted by atomic mass is 10.1. The summed E-state index contributed by atoms with van der Waals surface area (Å²) in [5.74, 6) is -0.334. The summed E-state index contributed by atoms with van der Waals surface area (Å²) < 4.78 is 5.81. The molecule has 0 unspecified atom stereocenters. The van der Waals surface area contributed by atoms with E-state index in [2.05, 4.69) is 21.2 Å². The smallest absolute Gasteiger partial charge is 0.339 e. The van der Waals surface area contributed by atoms with Gasteiger partial charge in [-0.25, -0.2) is 4.79 Å². The fourth-order valence-electron chi connectivity index (χ4n) is 1.72. The van der Waals surface area contributed by atoms with Crippen LogP contribution in [-0.4, -0.2) is 13.1 Å². The highest BCUT2D eigenvalue weighted by Gasteiger charge is 2.10. The topological polar surface area (TPSA) is 38.3 Å². The predicted molar refractivity (Wildman–Crippen MR) is 79.3 cm³/mol. The number of hydrogen-bond acceptors (Lipinski definition) is 3. The lowest BCUT2D eigenvalue weighted by Gasteiger charge is -2.10. The van der Waals surface area contributed by atoms with Gasteiger partial charge in [0.15, 0.2) is 0 Å². The molecule has 0 saturated carbocycles. The fourth-order valence-corrected chi connectivity index (χ4v) is 1.99. The highest BCUT2D eigenvalue weighted by Crippen LogP contribution is 2.18. The van der Waals surface area contributed by atoms with Crippen LogP contribution in [0.1, 0.15) is 15.9 Å². The van der Waals surface area contributed by atoms with Crippen LogP contribution in [0.15, 0.2) is 53.0 Å². The standard InChI is InChI=1S/C15H14BrNO2/c1-19-15(18)13-4-2-3-5-14(13)17-10-11-6-8-12(16)9-7-11/h2-9,17H,10H2,1H3. The highest BCUT2D eigenvalue weighted by atomic mass is 79.9. The molecule has 0 spiro atoms. The number of methoxy groups -OCH3 is 1. The number of halogens is 1. The van der Waals surface area contributed by atoms with E-state index in [1.165, 1.54) is 7.11 Å². The van der Waals surface area contributed by atoms with Crippen molar-refractivity contribution in [3.63, 3.8) is 0 Å². The highest BCUT2D eigenvalue weighted by molar-refractivity contribution is 9.10. The van der Waals surface area contributed by atoms with Crippen LogP contribution < -0.4 is 5.32 Å². The van der Waals surface area contributed by atoms with E-state index in [1.54, 1.807) is 6.07 Å². The molecule has 0 bridgehead atoms. The quantitative estimate of drug-likeness (QED) is 0.870. The Balaban J connectivity index is 2.11. The second-order valence-electron chi connectivity index (χ2n) is 4.02. The molecule has 0 aliphatic carbocycles. The van der Waals surface area contributed by atoms with Crippen molar-refractivity contribution in [2.24, 2.45) is 0 Å². The first-order valence-corrected chi connectivity index (χ1v) is 6.65. The fraction of sp³-hybridized carbons (Fsp3) is 0.133.